The molecule has 0 heterocycles. The van der Waals surface area contributed by atoms with Crippen molar-refractivity contribution in [1.29, 1.82) is 0 Å². The molecule has 2 saturated carbocycles. The molecule has 3 atom stereocenters. The van der Waals surface area contributed by atoms with E-state index in [1.165, 1.54) is 30.0 Å². The van der Waals surface area contributed by atoms with Gasteiger partial charge in [0.2, 0.25) is 0 Å². The molecule has 0 spiro atoms. The molecule has 1 heteroatoms. The molecule has 1 unspecified atom stereocenters. The molecule has 86 valence electrons. The van der Waals surface area contributed by atoms with E-state index >= 15 is 0 Å². The predicted octanol–water partition coefficient (Wildman–Crippen LogP) is 3.22. The van der Waals surface area contributed by atoms with E-state index in [2.05, 4.69) is 42.5 Å². The predicted molar refractivity (Wildman–Crippen MR) is 70.9 cm³/mol. The number of fused-ring (bicyclic) bond motifs is 2. The van der Waals surface area contributed by atoms with Gasteiger partial charge in [-0.1, -0.05) is 42.5 Å². The largest absolute Gasteiger partial charge is 0.328 e. The third kappa shape index (κ3) is 1.23. The molecule has 2 N–H and O–H groups in total. The smallest absolute Gasteiger partial charge is 0.00503 e. The summed E-state index contributed by atoms with van der Waals surface area (Å²) < 4.78 is 0. The fourth-order valence-corrected chi connectivity index (χ4v) is 3.96. The van der Waals surface area contributed by atoms with Gasteiger partial charge in [0.15, 0.2) is 0 Å². The number of benzene rings is 2. The Kier molecular flexibility index (Phi) is 1.77. The van der Waals surface area contributed by atoms with Crippen molar-refractivity contribution in [2.24, 2.45) is 11.7 Å². The van der Waals surface area contributed by atoms with E-state index in [4.69, 9.17) is 5.73 Å². The van der Waals surface area contributed by atoms with Gasteiger partial charge in [-0.25, -0.2) is 0 Å². The summed E-state index contributed by atoms with van der Waals surface area (Å²) in [7, 11) is 0. The minimum Gasteiger partial charge on any atom is -0.328 e. The van der Waals surface area contributed by atoms with E-state index in [-0.39, 0.29) is 0 Å². The topological polar surface area (TPSA) is 26.0 Å². The highest BCUT2D eigenvalue weighted by molar-refractivity contribution is 5.87. The van der Waals surface area contributed by atoms with Crippen molar-refractivity contribution in [3.05, 3.63) is 48.0 Å². The van der Waals surface area contributed by atoms with Crippen molar-refractivity contribution in [3.63, 3.8) is 0 Å². The summed E-state index contributed by atoms with van der Waals surface area (Å²) >= 11 is 0. The fraction of sp³-hybridized carbons (Fsp3) is 0.375. The molecule has 0 aliphatic heterocycles. The number of hydrogen-bond acceptors (Lipinski definition) is 1. The molecule has 0 amide bonds. The molecule has 2 fully saturated rings. The Morgan fingerprint density at radius 1 is 1.00 bits per heavy atom. The zero-order valence-electron chi connectivity index (χ0n) is 9.89. The molecule has 2 aromatic rings. The maximum Gasteiger partial charge on any atom is 0.00503 e. The van der Waals surface area contributed by atoms with Crippen LogP contribution in [0, 0.1) is 5.92 Å². The van der Waals surface area contributed by atoms with Crippen LogP contribution in [0.4, 0.5) is 0 Å². The fourth-order valence-electron chi connectivity index (χ4n) is 3.96. The number of hydrogen-bond donors (Lipinski definition) is 1. The zero-order valence-corrected chi connectivity index (χ0v) is 9.89. The van der Waals surface area contributed by atoms with Crippen LogP contribution in [0.15, 0.2) is 42.5 Å². The maximum absolute atomic E-state index is 6.12. The van der Waals surface area contributed by atoms with Crippen LogP contribution in [0.25, 0.3) is 10.8 Å². The van der Waals surface area contributed by atoms with Gasteiger partial charge < -0.3 is 5.73 Å². The quantitative estimate of drug-likeness (QED) is 0.789. The van der Waals surface area contributed by atoms with Crippen molar-refractivity contribution < 1.29 is 0 Å². The second-order valence-electron chi connectivity index (χ2n) is 5.78. The van der Waals surface area contributed by atoms with E-state index in [1.54, 1.807) is 5.56 Å². The Morgan fingerprint density at radius 3 is 2.65 bits per heavy atom. The minimum atomic E-state index is 0.424. The Balaban J connectivity index is 1.92. The monoisotopic (exact) mass is 223 g/mol. The van der Waals surface area contributed by atoms with Gasteiger partial charge in [-0.05, 0) is 41.5 Å². The van der Waals surface area contributed by atoms with Crippen LogP contribution >= 0.6 is 0 Å². The van der Waals surface area contributed by atoms with Gasteiger partial charge in [-0.2, -0.15) is 0 Å². The van der Waals surface area contributed by atoms with E-state index < -0.39 is 0 Å². The second-order valence-corrected chi connectivity index (χ2v) is 5.78. The normalized spacial score (nSPS) is 34.9. The van der Waals surface area contributed by atoms with Crippen molar-refractivity contribution in [1.82, 2.24) is 0 Å². The molecular formula is C16H17N. The van der Waals surface area contributed by atoms with Crippen LogP contribution in [-0.2, 0) is 5.41 Å². The van der Waals surface area contributed by atoms with Gasteiger partial charge in [0.25, 0.3) is 0 Å². The van der Waals surface area contributed by atoms with Gasteiger partial charge in [0.05, 0.1) is 0 Å². The summed E-state index contributed by atoms with van der Waals surface area (Å²) in [5.41, 5.74) is 8.10. The highest BCUT2D eigenvalue weighted by Crippen LogP contribution is 2.64. The first-order valence-electron chi connectivity index (χ1n) is 6.53. The molecule has 2 aliphatic carbocycles. The molecule has 17 heavy (non-hydrogen) atoms. The van der Waals surface area contributed by atoms with Crippen LogP contribution in [0.5, 0.6) is 0 Å². The lowest BCUT2D eigenvalue weighted by Gasteiger charge is -2.17. The summed E-state index contributed by atoms with van der Waals surface area (Å²) in [6.45, 7) is 0. The molecule has 2 aromatic carbocycles. The van der Waals surface area contributed by atoms with Gasteiger partial charge in [0, 0.05) is 11.5 Å². The van der Waals surface area contributed by atoms with E-state index in [1.807, 2.05) is 0 Å². The van der Waals surface area contributed by atoms with Crippen molar-refractivity contribution >= 4 is 10.8 Å². The minimum absolute atomic E-state index is 0.424. The summed E-state index contributed by atoms with van der Waals surface area (Å²) in [5.74, 6) is 0.850. The maximum atomic E-state index is 6.12. The van der Waals surface area contributed by atoms with Crippen LogP contribution in [0.3, 0.4) is 0 Å². The Hall–Kier alpha value is -1.34. The van der Waals surface area contributed by atoms with Crippen molar-refractivity contribution in [2.45, 2.75) is 30.7 Å². The van der Waals surface area contributed by atoms with Gasteiger partial charge in [-0.3, -0.25) is 0 Å². The molecule has 0 saturated heterocycles. The zero-order chi connectivity index (χ0) is 11.5. The van der Waals surface area contributed by atoms with Crippen molar-refractivity contribution in [3.8, 4) is 0 Å². The third-order valence-electron chi connectivity index (χ3n) is 4.77. The van der Waals surface area contributed by atoms with Crippen LogP contribution in [0.2, 0.25) is 0 Å². The lowest BCUT2D eigenvalue weighted by Crippen LogP contribution is -2.20. The Labute approximate surface area is 102 Å². The Bertz CT molecular complexity index is 584. The van der Waals surface area contributed by atoms with Crippen molar-refractivity contribution in [2.75, 3.05) is 0 Å². The molecule has 4 rings (SSSR count). The summed E-state index contributed by atoms with van der Waals surface area (Å²) in [6, 6.07) is 15.9. The summed E-state index contributed by atoms with van der Waals surface area (Å²) in [5, 5.41) is 2.80. The van der Waals surface area contributed by atoms with Gasteiger partial charge in [0.1, 0.15) is 0 Å². The highest BCUT2D eigenvalue weighted by Gasteiger charge is 2.60. The van der Waals surface area contributed by atoms with E-state index in [0.717, 1.165) is 5.92 Å². The van der Waals surface area contributed by atoms with Crippen LogP contribution in [-0.4, -0.2) is 6.04 Å². The van der Waals surface area contributed by atoms with E-state index in [9.17, 15) is 0 Å². The molecule has 2 aliphatic rings. The SMILES string of the molecule is NC1C[C@H]2C[C@]2(c2cccc3ccccc23)C1. The molecule has 1 nitrogen and oxygen atoms in total. The third-order valence-corrected chi connectivity index (χ3v) is 4.77. The molecule has 0 bridgehead atoms. The standard InChI is InChI=1S/C16H17N/c17-13-8-12-9-16(12,10-13)15-7-3-5-11-4-1-2-6-14(11)15/h1-7,12-13H,8-10,17H2/t12-,13?,16-/m0/s1. The summed E-state index contributed by atoms with van der Waals surface area (Å²) in [6.07, 6.45) is 3.77. The Morgan fingerprint density at radius 2 is 1.82 bits per heavy atom. The molecular weight excluding hydrogens is 206 g/mol. The first kappa shape index (κ1) is 9.67. The lowest BCUT2D eigenvalue weighted by atomic mass is 9.88. The van der Waals surface area contributed by atoms with Crippen LogP contribution in [0.1, 0.15) is 24.8 Å². The molecule has 0 aromatic heterocycles. The first-order chi connectivity index (χ1) is 8.29. The van der Waals surface area contributed by atoms with Gasteiger partial charge >= 0.3 is 0 Å². The van der Waals surface area contributed by atoms with Gasteiger partial charge in [-0.15, -0.1) is 0 Å². The van der Waals surface area contributed by atoms with Crippen LogP contribution < -0.4 is 5.73 Å². The first-order valence-corrected chi connectivity index (χ1v) is 6.53. The average molecular weight is 223 g/mol. The number of nitrogens with two attached hydrogens (primary N) is 1. The second kappa shape index (κ2) is 3.11. The molecule has 0 radical (unpaired) electrons. The summed E-state index contributed by atoms with van der Waals surface area (Å²) in [4.78, 5) is 0. The van der Waals surface area contributed by atoms with E-state index in [0.29, 0.717) is 11.5 Å². The average Bonchev–Trinajstić information content (AvgIpc) is 2.92. The lowest BCUT2D eigenvalue weighted by molar-refractivity contribution is 0.585. The number of rotatable bonds is 1. The highest BCUT2D eigenvalue weighted by atomic mass is 14.8.